The highest BCUT2D eigenvalue weighted by atomic mass is 79.9. The zero-order chi connectivity index (χ0) is 11.7. The fourth-order valence-corrected chi connectivity index (χ4v) is 3.00. The first kappa shape index (κ1) is 11.3. The molecule has 17 heavy (non-hydrogen) atoms. The topological polar surface area (TPSA) is 19.0 Å². The van der Waals surface area contributed by atoms with Gasteiger partial charge >= 0.3 is 0 Å². The number of H-pyrrole nitrogens is 1. The molecular formula is C14H17BrN2. The van der Waals surface area contributed by atoms with Crippen LogP contribution in [-0.4, -0.2) is 23.0 Å². The van der Waals surface area contributed by atoms with E-state index in [4.69, 9.17) is 0 Å². The summed E-state index contributed by atoms with van der Waals surface area (Å²) in [6.07, 6.45) is 6.26. The number of rotatable bonds is 2. The molecule has 3 rings (SSSR count). The summed E-state index contributed by atoms with van der Waals surface area (Å²) in [7, 11) is 0. The summed E-state index contributed by atoms with van der Waals surface area (Å²) >= 11 is 3.55. The Balaban J connectivity index is 1.86. The molecule has 0 radical (unpaired) electrons. The summed E-state index contributed by atoms with van der Waals surface area (Å²) in [4.78, 5) is 5.92. The Labute approximate surface area is 110 Å². The molecule has 2 nitrogen and oxygen atoms in total. The van der Waals surface area contributed by atoms with Crippen LogP contribution in [0.1, 0.15) is 24.8 Å². The molecule has 1 aliphatic rings. The average molecular weight is 293 g/mol. The van der Waals surface area contributed by atoms with Gasteiger partial charge in [-0.05, 0) is 49.7 Å². The maximum atomic E-state index is 3.55. The Morgan fingerprint density at radius 2 is 2.00 bits per heavy atom. The molecule has 0 spiro atoms. The molecule has 1 N–H and O–H groups in total. The molecule has 0 atom stereocenters. The third-order valence-electron chi connectivity index (χ3n) is 3.57. The van der Waals surface area contributed by atoms with Crippen LogP contribution in [0.5, 0.6) is 0 Å². The van der Waals surface area contributed by atoms with Crippen LogP contribution in [0.25, 0.3) is 10.9 Å². The minimum absolute atomic E-state index is 1.08. The van der Waals surface area contributed by atoms with Gasteiger partial charge < -0.3 is 4.98 Å². The minimum atomic E-state index is 1.08. The fourth-order valence-electron chi connectivity index (χ4n) is 2.64. The lowest BCUT2D eigenvalue weighted by Gasteiger charge is -2.26. The number of piperidine rings is 1. The molecule has 1 fully saturated rings. The number of halogens is 1. The molecule has 2 aromatic rings. The van der Waals surface area contributed by atoms with Crippen molar-refractivity contribution in [3.63, 3.8) is 0 Å². The van der Waals surface area contributed by atoms with Gasteiger partial charge in [-0.25, -0.2) is 0 Å². The number of hydrogen-bond donors (Lipinski definition) is 1. The van der Waals surface area contributed by atoms with Gasteiger partial charge in [-0.2, -0.15) is 0 Å². The van der Waals surface area contributed by atoms with Crippen molar-refractivity contribution in [2.75, 3.05) is 13.1 Å². The predicted molar refractivity (Wildman–Crippen MR) is 75.1 cm³/mol. The molecule has 1 aromatic heterocycles. The van der Waals surface area contributed by atoms with Crippen molar-refractivity contribution in [2.45, 2.75) is 25.8 Å². The second-order valence-corrected chi connectivity index (χ2v) is 5.76. The normalized spacial score (nSPS) is 17.7. The quantitative estimate of drug-likeness (QED) is 0.889. The molecule has 0 aliphatic carbocycles. The van der Waals surface area contributed by atoms with Gasteiger partial charge in [-0.15, -0.1) is 0 Å². The van der Waals surface area contributed by atoms with E-state index >= 15 is 0 Å². The molecule has 0 saturated carbocycles. The van der Waals surface area contributed by atoms with Crippen molar-refractivity contribution in [1.82, 2.24) is 9.88 Å². The van der Waals surface area contributed by atoms with E-state index in [1.54, 1.807) is 0 Å². The van der Waals surface area contributed by atoms with Crippen LogP contribution in [-0.2, 0) is 6.54 Å². The van der Waals surface area contributed by atoms with Gasteiger partial charge in [0.1, 0.15) is 0 Å². The van der Waals surface area contributed by atoms with E-state index < -0.39 is 0 Å². The van der Waals surface area contributed by atoms with Crippen LogP contribution in [0.3, 0.4) is 0 Å². The highest BCUT2D eigenvalue weighted by Gasteiger charge is 2.12. The number of benzene rings is 1. The summed E-state index contributed by atoms with van der Waals surface area (Å²) in [5.74, 6) is 0. The van der Waals surface area contributed by atoms with Crippen molar-refractivity contribution in [3.8, 4) is 0 Å². The van der Waals surface area contributed by atoms with E-state index in [0.717, 1.165) is 11.0 Å². The lowest BCUT2D eigenvalue weighted by atomic mass is 10.1. The molecule has 0 unspecified atom stereocenters. The Morgan fingerprint density at radius 3 is 2.82 bits per heavy atom. The predicted octanol–water partition coefficient (Wildman–Crippen LogP) is 3.92. The Hall–Kier alpha value is -0.800. The molecule has 0 bridgehead atoms. The van der Waals surface area contributed by atoms with Gasteiger partial charge in [0.2, 0.25) is 0 Å². The first-order valence-electron chi connectivity index (χ1n) is 6.31. The molecule has 1 saturated heterocycles. The summed E-state index contributed by atoms with van der Waals surface area (Å²) in [6.45, 7) is 3.58. The number of nitrogens with zero attached hydrogens (tertiary/aromatic N) is 1. The average Bonchev–Trinajstić information content (AvgIpc) is 2.73. The number of hydrogen-bond acceptors (Lipinski definition) is 1. The van der Waals surface area contributed by atoms with E-state index in [-0.39, 0.29) is 0 Å². The van der Waals surface area contributed by atoms with Crippen LogP contribution in [0, 0.1) is 0 Å². The van der Waals surface area contributed by atoms with Gasteiger partial charge in [-0.1, -0.05) is 22.4 Å². The van der Waals surface area contributed by atoms with Crippen LogP contribution >= 0.6 is 15.9 Å². The molecule has 3 heteroatoms. The van der Waals surface area contributed by atoms with Crippen molar-refractivity contribution in [2.24, 2.45) is 0 Å². The van der Waals surface area contributed by atoms with E-state index in [9.17, 15) is 0 Å². The minimum Gasteiger partial charge on any atom is -0.361 e. The second kappa shape index (κ2) is 4.83. The zero-order valence-electron chi connectivity index (χ0n) is 9.88. The van der Waals surface area contributed by atoms with Crippen molar-refractivity contribution >= 4 is 26.8 Å². The summed E-state index contributed by atoms with van der Waals surface area (Å²) in [5.41, 5.74) is 2.66. The van der Waals surface area contributed by atoms with Gasteiger partial charge in [0.15, 0.2) is 0 Å². The highest BCUT2D eigenvalue weighted by Crippen LogP contribution is 2.24. The number of likely N-dealkylation sites (tertiary alicyclic amines) is 1. The summed E-state index contributed by atoms with van der Waals surface area (Å²) < 4.78 is 1.16. The third-order valence-corrected chi connectivity index (χ3v) is 4.07. The van der Waals surface area contributed by atoms with Crippen LogP contribution in [0.4, 0.5) is 0 Å². The van der Waals surface area contributed by atoms with E-state index in [1.807, 2.05) is 0 Å². The van der Waals surface area contributed by atoms with E-state index in [0.29, 0.717) is 0 Å². The molecule has 2 heterocycles. The third kappa shape index (κ3) is 2.40. The van der Waals surface area contributed by atoms with Crippen molar-refractivity contribution < 1.29 is 0 Å². The van der Waals surface area contributed by atoms with Gasteiger partial charge in [0, 0.05) is 28.1 Å². The standard InChI is InChI=1S/C14H17BrN2/c15-12-4-5-14-13(8-12)11(9-16-14)10-17-6-2-1-3-7-17/h4-5,8-9,16H,1-3,6-7,10H2. The Morgan fingerprint density at radius 1 is 1.18 bits per heavy atom. The summed E-state index contributed by atoms with van der Waals surface area (Å²) in [5, 5.41) is 1.35. The Bertz CT molecular complexity index is 512. The van der Waals surface area contributed by atoms with Crippen LogP contribution in [0.2, 0.25) is 0 Å². The van der Waals surface area contributed by atoms with Crippen molar-refractivity contribution in [1.29, 1.82) is 0 Å². The van der Waals surface area contributed by atoms with E-state index in [2.05, 4.69) is 50.2 Å². The highest BCUT2D eigenvalue weighted by molar-refractivity contribution is 9.10. The van der Waals surface area contributed by atoms with Crippen LogP contribution in [0.15, 0.2) is 28.9 Å². The maximum Gasteiger partial charge on any atom is 0.0458 e. The van der Waals surface area contributed by atoms with Gasteiger partial charge in [-0.3, -0.25) is 4.90 Å². The van der Waals surface area contributed by atoms with E-state index in [1.165, 1.54) is 48.8 Å². The Kier molecular flexibility index (Phi) is 3.21. The molecule has 0 amide bonds. The fraction of sp³-hybridized carbons (Fsp3) is 0.429. The first-order chi connectivity index (χ1) is 8.33. The summed E-state index contributed by atoms with van der Waals surface area (Å²) in [6, 6.07) is 6.44. The lowest BCUT2D eigenvalue weighted by Crippen LogP contribution is -2.28. The number of nitrogens with one attached hydrogen (secondary N) is 1. The first-order valence-corrected chi connectivity index (χ1v) is 7.10. The van der Waals surface area contributed by atoms with Gasteiger partial charge in [0.25, 0.3) is 0 Å². The number of aromatic amines is 1. The smallest absolute Gasteiger partial charge is 0.0458 e. The molecule has 1 aromatic carbocycles. The second-order valence-electron chi connectivity index (χ2n) is 4.84. The van der Waals surface area contributed by atoms with Crippen molar-refractivity contribution in [3.05, 3.63) is 34.4 Å². The molecular weight excluding hydrogens is 276 g/mol. The monoisotopic (exact) mass is 292 g/mol. The zero-order valence-corrected chi connectivity index (χ0v) is 11.5. The van der Waals surface area contributed by atoms with Crippen LogP contribution < -0.4 is 0 Å². The number of aromatic nitrogens is 1. The maximum absolute atomic E-state index is 3.55. The number of fused-ring (bicyclic) bond motifs is 1. The van der Waals surface area contributed by atoms with Gasteiger partial charge in [0.05, 0.1) is 0 Å². The largest absolute Gasteiger partial charge is 0.361 e. The molecule has 90 valence electrons. The molecule has 1 aliphatic heterocycles. The SMILES string of the molecule is Brc1ccc2[nH]cc(CN3CCCCC3)c2c1. The lowest BCUT2D eigenvalue weighted by molar-refractivity contribution is 0.221.